The number of aliphatic hydroxyl groups excluding tert-OH is 1. The van der Waals surface area contributed by atoms with Crippen LogP contribution in [0.2, 0.25) is 0 Å². The van der Waals surface area contributed by atoms with Gasteiger partial charge >= 0.3 is 0 Å². The molecular formula is C12H17F2NOS. The van der Waals surface area contributed by atoms with Gasteiger partial charge in [0.2, 0.25) is 0 Å². The maximum Gasteiger partial charge on any atom is 0.131 e. The molecule has 1 rings (SSSR count). The van der Waals surface area contributed by atoms with Crippen LogP contribution >= 0.6 is 11.8 Å². The molecule has 0 aliphatic rings. The molecule has 0 radical (unpaired) electrons. The van der Waals surface area contributed by atoms with Crippen molar-refractivity contribution in [1.82, 2.24) is 5.32 Å². The van der Waals surface area contributed by atoms with Crippen molar-refractivity contribution in [3.63, 3.8) is 0 Å². The van der Waals surface area contributed by atoms with Crippen molar-refractivity contribution in [2.45, 2.75) is 19.1 Å². The Bertz CT molecular complexity index is 362. The third-order valence-corrected chi connectivity index (χ3v) is 3.23. The summed E-state index contributed by atoms with van der Waals surface area (Å²) >= 11 is 1.69. The van der Waals surface area contributed by atoms with Gasteiger partial charge in [0, 0.05) is 30.0 Å². The summed E-state index contributed by atoms with van der Waals surface area (Å²) in [5, 5.41) is 12.9. The molecule has 0 bridgehead atoms. The average Bonchev–Trinajstić information content (AvgIpc) is 2.26. The molecule has 0 aliphatic heterocycles. The summed E-state index contributed by atoms with van der Waals surface area (Å²) in [4.78, 5) is 0. The van der Waals surface area contributed by atoms with Crippen molar-refractivity contribution in [2.24, 2.45) is 0 Å². The van der Waals surface area contributed by atoms with Crippen LogP contribution in [0.15, 0.2) is 18.2 Å². The first-order valence-corrected chi connectivity index (χ1v) is 6.79. The third-order valence-electron chi connectivity index (χ3n) is 2.40. The predicted octanol–water partition coefficient (Wildman–Crippen LogP) is 2.34. The van der Waals surface area contributed by atoms with E-state index in [1.54, 1.807) is 11.8 Å². The molecule has 0 spiro atoms. The minimum absolute atomic E-state index is 0.121. The van der Waals surface area contributed by atoms with Crippen LogP contribution in [-0.4, -0.2) is 29.7 Å². The molecule has 0 saturated heterocycles. The van der Waals surface area contributed by atoms with Crippen LogP contribution in [0.25, 0.3) is 0 Å². The Morgan fingerprint density at radius 3 is 2.71 bits per heavy atom. The van der Waals surface area contributed by atoms with Crippen molar-refractivity contribution in [2.75, 3.05) is 18.6 Å². The van der Waals surface area contributed by atoms with Crippen LogP contribution in [0.1, 0.15) is 18.6 Å². The predicted molar refractivity (Wildman–Crippen MR) is 67.2 cm³/mol. The standard InChI is InChI=1S/C12H17F2NOS/c1-8(7-17-2)15-6-12(16)10-4-3-9(13)5-11(10)14/h3-5,8,12,15-16H,6-7H2,1-2H3. The summed E-state index contributed by atoms with van der Waals surface area (Å²) < 4.78 is 26.0. The van der Waals surface area contributed by atoms with Crippen LogP contribution in [-0.2, 0) is 0 Å². The lowest BCUT2D eigenvalue weighted by molar-refractivity contribution is 0.167. The highest BCUT2D eigenvalue weighted by Crippen LogP contribution is 2.17. The van der Waals surface area contributed by atoms with Gasteiger partial charge < -0.3 is 10.4 Å². The van der Waals surface area contributed by atoms with Gasteiger partial charge in [-0.1, -0.05) is 6.07 Å². The van der Waals surface area contributed by atoms with Gasteiger partial charge in [0.15, 0.2) is 0 Å². The van der Waals surface area contributed by atoms with Crippen molar-refractivity contribution in [3.05, 3.63) is 35.4 Å². The van der Waals surface area contributed by atoms with Crippen LogP contribution in [0.5, 0.6) is 0 Å². The van der Waals surface area contributed by atoms with Gasteiger partial charge in [-0.3, -0.25) is 0 Å². The Hall–Kier alpha value is -0.650. The Morgan fingerprint density at radius 2 is 2.12 bits per heavy atom. The van der Waals surface area contributed by atoms with Crippen LogP contribution in [0, 0.1) is 11.6 Å². The van der Waals surface area contributed by atoms with Crippen molar-refractivity contribution >= 4 is 11.8 Å². The Morgan fingerprint density at radius 1 is 1.41 bits per heavy atom. The maximum atomic E-state index is 13.3. The molecule has 1 aromatic carbocycles. The minimum Gasteiger partial charge on any atom is -0.387 e. The fourth-order valence-electron chi connectivity index (χ4n) is 1.50. The molecule has 0 aliphatic carbocycles. The van der Waals surface area contributed by atoms with E-state index in [9.17, 15) is 13.9 Å². The summed E-state index contributed by atoms with van der Waals surface area (Å²) in [7, 11) is 0. The molecule has 2 nitrogen and oxygen atoms in total. The number of nitrogens with one attached hydrogen (secondary N) is 1. The molecule has 0 aromatic heterocycles. The monoisotopic (exact) mass is 261 g/mol. The van der Waals surface area contributed by atoms with E-state index >= 15 is 0 Å². The number of aliphatic hydroxyl groups is 1. The zero-order valence-electron chi connectivity index (χ0n) is 9.91. The Labute approximate surface area is 104 Å². The van der Waals surface area contributed by atoms with E-state index in [0.717, 1.165) is 17.9 Å². The fourth-order valence-corrected chi connectivity index (χ4v) is 2.12. The molecular weight excluding hydrogens is 244 g/mol. The largest absolute Gasteiger partial charge is 0.387 e. The van der Waals surface area contributed by atoms with E-state index in [1.165, 1.54) is 6.07 Å². The highest BCUT2D eigenvalue weighted by molar-refractivity contribution is 7.98. The summed E-state index contributed by atoms with van der Waals surface area (Å²) in [5.41, 5.74) is 0.121. The molecule has 0 amide bonds. The topological polar surface area (TPSA) is 32.3 Å². The highest BCUT2D eigenvalue weighted by Gasteiger charge is 2.14. The zero-order chi connectivity index (χ0) is 12.8. The number of halogens is 2. The number of rotatable bonds is 6. The number of benzene rings is 1. The van der Waals surface area contributed by atoms with Crippen LogP contribution in [0.3, 0.4) is 0 Å². The molecule has 2 atom stereocenters. The van der Waals surface area contributed by atoms with Gasteiger partial charge in [-0.2, -0.15) is 11.8 Å². The highest BCUT2D eigenvalue weighted by atomic mass is 32.2. The summed E-state index contributed by atoms with van der Waals surface area (Å²) in [6.07, 6.45) is 1.04. The molecule has 96 valence electrons. The molecule has 0 heterocycles. The van der Waals surface area contributed by atoms with Crippen molar-refractivity contribution < 1.29 is 13.9 Å². The second-order valence-electron chi connectivity index (χ2n) is 3.95. The SMILES string of the molecule is CSCC(C)NCC(O)c1ccc(F)cc1F. The van der Waals surface area contributed by atoms with E-state index in [0.29, 0.717) is 0 Å². The Balaban J connectivity index is 2.54. The van der Waals surface area contributed by atoms with Crippen molar-refractivity contribution in [3.8, 4) is 0 Å². The molecule has 2 unspecified atom stereocenters. The fraction of sp³-hybridized carbons (Fsp3) is 0.500. The quantitative estimate of drug-likeness (QED) is 0.824. The summed E-state index contributed by atoms with van der Waals surface area (Å²) in [6.45, 7) is 2.24. The lowest BCUT2D eigenvalue weighted by Gasteiger charge is -2.17. The first kappa shape index (κ1) is 14.4. The second-order valence-corrected chi connectivity index (χ2v) is 4.86. The smallest absolute Gasteiger partial charge is 0.131 e. The van der Waals surface area contributed by atoms with E-state index in [2.05, 4.69) is 5.32 Å². The Kier molecular flexibility index (Phi) is 5.88. The van der Waals surface area contributed by atoms with Gasteiger partial charge in [0.25, 0.3) is 0 Å². The van der Waals surface area contributed by atoms with Gasteiger partial charge in [-0.05, 0) is 19.2 Å². The van der Waals surface area contributed by atoms with Crippen LogP contribution < -0.4 is 5.32 Å². The number of hydrogen-bond donors (Lipinski definition) is 2. The second kappa shape index (κ2) is 6.93. The van der Waals surface area contributed by atoms with E-state index < -0.39 is 17.7 Å². The molecule has 5 heteroatoms. The van der Waals surface area contributed by atoms with Gasteiger partial charge in [0.1, 0.15) is 11.6 Å². The number of thioether (sulfide) groups is 1. The molecule has 0 saturated carbocycles. The molecule has 17 heavy (non-hydrogen) atoms. The van der Waals surface area contributed by atoms with E-state index in [-0.39, 0.29) is 18.2 Å². The summed E-state index contributed by atoms with van der Waals surface area (Å²) in [6, 6.07) is 3.44. The lowest BCUT2D eigenvalue weighted by Crippen LogP contribution is -2.32. The van der Waals surface area contributed by atoms with Crippen LogP contribution in [0.4, 0.5) is 8.78 Å². The summed E-state index contributed by atoms with van der Waals surface area (Å²) in [5.74, 6) is -0.433. The van der Waals surface area contributed by atoms with Gasteiger partial charge in [-0.25, -0.2) is 8.78 Å². The maximum absolute atomic E-state index is 13.3. The minimum atomic E-state index is -0.958. The van der Waals surface area contributed by atoms with Gasteiger partial charge in [0.05, 0.1) is 6.10 Å². The zero-order valence-corrected chi connectivity index (χ0v) is 10.7. The van der Waals surface area contributed by atoms with E-state index in [4.69, 9.17) is 0 Å². The third kappa shape index (κ3) is 4.61. The molecule has 2 N–H and O–H groups in total. The molecule has 1 aromatic rings. The molecule has 0 fully saturated rings. The van der Waals surface area contributed by atoms with E-state index in [1.807, 2.05) is 13.2 Å². The van der Waals surface area contributed by atoms with Crippen molar-refractivity contribution in [1.29, 1.82) is 0 Å². The number of hydrogen-bond acceptors (Lipinski definition) is 3. The lowest BCUT2D eigenvalue weighted by atomic mass is 10.1. The average molecular weight is 261 g/mol. The van der Waals surface area contributed by atoms with Gasteiger partial charge in [-0.15, -0.1) is 0 Å². The normalized spacial score (nSPS) is 14.6. The first-order valence-electron chi connectivity index (χ1n) is 5.40. The first-order chi connectivity index (χ1) is 8.04.